The van der Waals surface area contributed by atoms with Crippen LogP contribution >= 0.6 is 0 Å². The second kappa shape index (κ2) is 40.5. The van der Waals surface area contributed by atoms with Gasteiger partial charge in [0.25, 0.3) is 5.91 Å². The van der Waals surface area contributed by atoms with E-state index in [1.165, 1.54) is 96.6 Å². The number of nitrogens with one attached hydrogen (secondary N) is 4. The summed E-state index contributed by atoms with van der Waals surface area (Å²) < 4.78 is 19.9. The Kier molecular flexibility index (Phi) is 36.4. The summed E-state index contributed by atoms with van der Waals surface area (Å²) in [4.78, 5) is 175. The number of aliphatic hydroxyl groups excluding tert-OH is 1. The molecule has 1 unspecified atom stereocenters. The minimum Gasteiger partial charge on any atom is -0.616 e. The molecule has 2 heterocycles. The van der Waals surface area contributed by atoms with Crippen LogP contribution in [0.4, 0.5) is 0 Å². The Bertz CT molecular complexity index is 2690. The third-order valence-electron chi connectivity index (χ3n) is 18.7. The largest absolute Gasteiger partial charge is 0.616 e. The van der Waals surface area contributed by atoms with Crippen LogP contribution in [0.1, 0.15) is 163 Å². The molecule has 11 amide bonds. The zero-order valence-corrected chi connectivity index (χ0v) is 64.5. The minimum absolute atomic E-state index is 0.0932. The van der Waals surface area contributed by atoms with Gasteiger partial charge in [0.15, 0.2) is 6.04 Å². The molecule has 6 N–H and O–H groups in total. The van der Waals surface area contributed by atoms with Crippen LogP contribution in [0.15, 0.2) is 12.2 Å². The van der Waals surface area contributed by atoms with Gasteiger partial charge in [-0.15, -0.1) is 0 Å². The third-order valence-corrected chi connectivity index (χ3v) is 20.1. The average molecular weight is 1410 g/mol. The van der Waals surface area contributed by atoms with Crippen LogP contribution in [0.25, 0.3) is 0 Å². The van der Waals surface area contributed by atoms with E-state index in [-0.39, 0.29) is 55.6 Å². The summed E-state index contributed by atoms with van der Waals surface area (Å²) in [5, 5.41) is 34.7. The molecular weight excluding hydrogens is 1280 g/mol. The van der Waals surface area contributed by atoms with E-state index in [9.17, 15) is 33.9 Å². The smallest absolute Gasteiger partial charge is 0.250 e. The molecule has 14 atom stereocenters. The topological polar surface area (TPSA) is 335 Å². The molecule has 2 saturated heterocycles. The van der Waals surface area contributed by atoms with E-state index in [0.717, 1.165) is 14.7 Å². The van der Waals surface area contributed by atoms with Crippen molar-refractivity contribution in [1.29, 1.82) is 0 Å². The fourth-order valence-corrected chi connectivity index (χ4v) is 13.8. The molecule has 562 valence electrons. The number of allylic oxidation sites excluding steroid dienone is 2. The van der Waals surface area contributed by atoms with Crippen LogP contribution in [-0.2, 0) is 68.7 Å². The summed E-state index contributed by atoms with van der Waals surface area (Å²) in [6.07, 6.45) is 2.49. The van der Waals surface area contributed by atoms with Crippen LogP contribution in [-0.4, -0.2) is 291 Å². The van der Waals surface area contributed by atoms with E-state index in [2.05, 4.69) is 26.2 Å². The van der Waals surface area contributed by atoms with Gasteiger partial charge >= 0.3 is 0 Å². The highest BCUT2D eigenvalue weighted by molar-refractivity contribution is 7.91. The molecule has 2 fully saturated rings. The molecule has 2 aliphatic heterocycles. The summed E-state index contributed by atoms with van der Waals surface area (Å²) in [5.74, 6) is -11.3. The summed E-state index contributed by atoms with van der Waals surface area (Å²) in [5.41, 5.74) is -1.65. The lowest BCUT2D eigenvalue weighted by Crippen LogP contribution is -2.64. The summed E-state index contributed by atoms with van der Waals surface area (Å²) in [6, 6.07) is -15.1. The maximum absolute atomic E-state index is 15.5. The fraction of sp³-hybridized carbons (Fsp3) is 0.814. The second-order valence-corrected chi connectivity index (χ2v) is 31.4. The number of aliphatic hydroxyl groups is 2. The number of rotatable bonds is 21. The zero-order valence-electron chi connectivity index (χ0n) is 63.6. The fourth-order valence-electron chi connectivity index (χ4n) is 12.5. The van der Waals surface area contributed by atoms with E-state index >= 15 is 33.6 Å². The molecule has 0 aromatic rings. The van der Waals surface area contributed by atoms with Gasteiger partial charge in [-0.3, -0.25) is 57.6 Å². The van der Waals surface area contributed by atoms with Gasteiger partial charge in [0, 0.05) is 81.8 Å². The highest BCUT2D eigenvalue weighted by Gasteiger charge is 2.47. The van der Waals surface area contributed by atoms with E-state index in [1.807, 2.05) is 41.5 Å². The first-order valence-electron chi connectivity index (χ1n) is 35.1. The molecule has 0 aromatic carbocycles. The Morgan fingerprint density at radius 2 is 1.00 bits per heavy atom. The predicted octanol–water partition coefficient (Wildman–Crippen LogP) is 2.22. The Morgan fingerprint density at radius 3 is 1.49 bits per heavy atom. The number of morpholine rings is 1. The Labute approximate surface area is 588 Å². The number of nitrogens with zero attached hydrogens (tertiary/aromatic N) is 8. The number of carbonyl (C=O) groups is 11. The standard InChI is InChI=1S/C70H126N12O15S/c1-25-27-29-46(13)58(83)57-62(87)73-49(26-2)64(89)79(22)54(40-98(96)35-28-30-82-31-33-97-34-32-82)67(92)78(21)53(39-70(16,17)95)61(86)74-55(44(9)10)68(93)75(18)50(36-41(3)4)60(85)71-47(14)59(84)72-48(15)63(88)76(19)51(37-42(5)6)65(90)77(20)52(38-43(7)8)66(91)80(23)56(45(11)12)69(94)81(57)24/h25,27,41-58,83,95H,26,28-40H2,1-24H3,(H,71,85)(H,72,84)(H,73,87)(H,74,86)/b27-25+/t46-,47+,48-,49+,50+,51+,52+,53+,54-,55+,56+,57+,58-,98?/m1/s1. The SMILES string of the molecule is C/C=C/C[C@@H](C)[C@@H](O)[C@H]1C(=O)N[C@@H](CC)C(=O)N(C)[C@H](C[S+]([O-])CCCN2CCOCC2)C(=O)N(C)[C@@H](CC(C)(C)O)C(=O)N[C@@H](C(C)C)C(=O)N(C)[C@@H](CC(C)C)C(=O)N[C@@H](C)C(=O)N[C@H](C)C(=O)N(C)[C@@H](CC(C)C)C(=O)N(C)[C@@H](CC(C)C)C(=O)N(C)[C@@H](C(C)C)C(=O)N1C. The van der Waals surface area contributed by atoms with Crippen molar-refractivity contribution in [3.05, 3.63) is 12.2 Å². The van der Waals surface area contributed by atoms with Crippen LogP contribution < -0.4 is 21.3 Å². The van der Waals surface area contributed by atoms with Gasteiger partial charge in [-0.05, 0) is 102 Å². The summed E-state index contributed by atoms with van der Waals surface area (Å²) >= 11 is -1.80. The van der Waals surface area contributed by atoms with Gasteiger partial charge in [-0.2, -0.15) is 0 Å². The van der Waals surface area contributed by atoms with Crippen molar-refractivity contribution in [2.24, 2.45) is 35.5 Å². The lowest BCUT2D eigenvalue weighted by atomic mass is 9.91. The third kappa shape index (κ3) is 25.6. The summed E-state index contributed by atoms with van der Waals surface area (Å²) in [6.45, 7) is 31.6. The first kappa shape index (κ1) is 88.1. The molecule has 0 saturated carbocycles. The van der Waals surface area contributed by atoms with Crippen LogP contribution in [0.5, 0.6) is 0 Å². The van der Waals surface area contributed by atoms with Crippen molar-refractivity contribution < 1.29 is 72.2 Å². The van der Waals surface area contributed by atoms with Crippen molar-refractivity contribution in [3.8, 4) is 0 Å². The van der Waals surface area contributed by atoms with Gasteiger partial charge in [0.2, 0.25) is 59.1 Å². The molecule has 0 radical (unpaired) electrons. The maximum atomic E-state index is 15.5. The van der Waals surface area contributed by atoms with Gasteiger partial charge < -0.3 is 75.1 Å². The number of carbonyl (C=O) groups excluding carboxylic acids is 11. The van der Waals surface area contributed by atoms with E-state index in [4.69, 9.17) is 4.74 Å². The number of hydrogen-bond donors (Lipinski definition) is 6. The second-order valence-electron chi connectivity index (χ2n) is 29.8. The van der Waals surface area contributed by atoms with Crippen molar-refractivity contribution in [2.75, 3.05) is 93.7 Å². The minimum atomic E-state index is -1.80. The van der Waals surface area contributed by atoms with Crippen LogP contribution in [0, 0.1) is 35.5 Å². The van der Waals surface area contributed by atoms with Gasteiger partial charge in [-0.25, -0.2) is 0 Å². The maximum Gasteiger partial charge on any atom is 0.250 e. The lowest BCUT2D eigenvalue weighted by molar-refractivity contribution is -0.157. The van der Waals surface area contributed by atoms with Crippen molar-refractivity contribution in [1.82, 2.24) is 60.5 Å². The van der Waals surface area contributed by atoms with E-state index in [1.54, 1.807) is 60.6 Å². The quantitative estimate of drug-likeness (QED) is 0.0709. The number of ether oxygens (including phenoxy) is 1. The highest BCUT2D eigenvalue weighted by atomic mass is 32.2. The molecular formula is C70H126N12O15S. The van der Waals surface area contributed by atoms with Gasteiger partial charge in [0.05, 0.1) is 24.9 Å². The lowest BCUT2D eigenvalue weighted by Gasteiger charge is -2.41. The molecule has 27 nitrogen and oxygen atoms in total. The zero-order chi connectivity index (χ0) is 75.3. The molecule has 98 heavy (non-hydrogen) atoms. The Balaban J connectivity index is 3.14. The number of hydrogen-bond acceptors (Lipinski definition) is 16. The van der Waals surface area contributed by atoms with E-state index < -0.39 is 184 Å². The molecule has 2 rings (SSSR count). The Morgan fingerprint density at radius 1 is 0.551 bits per heavy atom. The molecule has 0 spiro atoms. The van der Waals surface area contributed by atoms with Crippen LogP contribution in [0.3, 0.4) is 0 Å². The molecule has 2 aliphatic rings. The molecule has 0 bridgehead atoms. The van der Waals surface area contributed by atoms with Crippen LogP contribution in [0.2, 0.25) is 0 Å². The predicted molar refractivity (Wildman–Crippen MR) is 379 cm³/mol. The highest BCUT2D eigenvalue weighted by Crippen LogP contribution is 2.27. The van der Waals surface area contributed by atoms with Gasteiger partial charge in [0.1, 0.15) is 71.9 Å². The first-order chi connectivity index (χ1) is 45.4. The average Bonchev–Trinajstić information content (AvgIpc) is 0.806. The normalized spacial score (nSPS) is 27.3. The van der Waals surface area contributed by atoms with Crippen molar-refractivity contribution >= 4 is 76.2 Å². The number of amides is 11. The molecule has 28 heteroatoms. The van der Waals surface area contributed by atoms with Crippen molar-refractivity contribution in [2.45, 2.75) is 241 Å². The monoisotopic (exact) mass is 1410 g/mol. The van der Waals surface area contributed by atoms with Crippen molar-refractivity contribution in [3.63, 3.8) is 0 Å². The number of likely N-dealkylation sites (N-methyl/N-ethyl adjacent to an activating group) is 7. The van der Waals surface area contributed by atoms with Gasteiger partial charge in [-0.1, -0.05) is 106 Å². The molecule has 0 aromatic heterocycles. The van der Waals surface area contributed by atoms with E-state index in [0.29, 0.717) is 39.3 Å². The first-order valence-corrected chi connectivity index (χ1v) is 36.6. The Hall–Kier alpha value is -5.94. The molecule has 0 aliphatic carbocycles. The summed E-state index contributed by atoms with van der Waals surface area (Å²) in [7, 11) is 9.60.